The first-order valence-electron chi connectivity index (χ1n) is 7.45. The molecule has 26 heavy (non-hydrogen) atoms. The zero-order chi connectivity index (χ0) is 18.7. The number of phenols is 2. The number of hydrogen-bond donors (Lipinski definition) is 3. The smallest absolute Gasteiger partial charge is 0.355 e. The molecule has 0 atom stereocenters. The van der Waals surface area contributed by atoms with Crippen molar-refractivity contribution in [1.29, 1.82) is 5.26 Å². The summed E-state index contributed by atoms with van der Waals surface area (Å²) in [7, 11) is 0. The van der Waals surface area contributed by atoms with E-state index in [-0.39, 0.29) is 28.7 Å². The predicted octanol–water partition coefficient (Wildman–Crippen LogP) is 1.85. The van der Waals surface area contributed by atoms with Crippen LogP contribution in [0.2, 0.25) is 0 Å². The van der Waals surface area contributed by atoms with Crippen LogP contribution >= 0.6 is 0 Å². The van der Waals surface area contributed by atoms with Crippen molar-refractivity contribution in [3.63, 3.8) is 0 Å². The van der Waals surface area contributed by atoms with E-state index in [1.807, 2.05) is 0 Å². The Bertz CT molecular complexity index is 1100. The average molecular weight is 347 g/mol. The Labute approximate surface area is 147 Å². The number of hydrogen-bond acceptors (Lipinski definition) is 7. The Hall–Kier alpha value is -4.12. The molecule has 0 radical (unpaired) electrons. The van der Waals surface area contributed by atoms with Gasteiger partial charge in [0.05, 0.1) is 5.69 Å². The molecule has 0 aliphatic carbocycles. The van der Waals surface area contributed by atoms with Crippen LogP contribution in [-0.2, 0) is 0 Å². The number of aliphatic imine (C=N–C) groups is 1. The number of nitriles is 1. The van der Waals surface area contributed by atoms with Crippen molar-refractivity contribution in [2.45, 2.75) is 0 Å². The van der Waals surface area contributed by atoms with Crippen LogP contribution < -0.4 is 11.4 Å². The molecule has 0 fully saturated rings. The summed E-state index contributed by atoms with van der Waals surface area (Å²) in [4.78, 5) is 20.1. The summed E-state index contributed by atoms with van der Waals surface area (Å²) in [5.74, 6) is -0.611. The average Bonchev–Trinajstić information content (AvgIpc) is 2.64. The molecule has 8 heteroatoms. The molecule has 3 rings (SSSR count). The number of phenolic OH excluding ortho intramolecular Hbond substituents is 2. The summed E-state index contributed by atoms with van der Waals surface area (Å²) in [6, 6.07) is 14.5. The number of nitrogen functional groups attached to an aromatic ring is 1. The molecule has 0 saturated carbocycles. The van der Waals surface area contributed by atoms with Gasteiger partial charge in [0.25, 0.3) is 0 Å². The van der Waals surface area contributed by atoms with Gasteiger partial charge in [0, 0.05) is 6.21 Å². The van der Waals surface area contributed by atoms with E-state index in [1.54, 1.807) is 36.4 Å². The van der Waals surface area contributed by atoms with Crippen molar-refractivity contribution in [3.05, 3.63) is 70.3 Å². The van der Waals surface area contributed by atoms with E-state index >= 15 is 0 Å². The fraction of sp³-hybridized carbons (Fsp3) is 0. The second kappa shape index (κ2) is 6.78. The largest absolute Gasteiger partial charge is 0.504 e. The van der Waals surface area contributed by atoms with E-state index in [9.17, 15) is 20.3 Å². The minimum atomic E-state index is -0.688. The maximum absolute atomic E-state index is 12.2. The van der Waals surface area contributed by atoms with Gasteiger partial charge in [-0.2, -0.15) is 10.2 Å². The van der Waals surface area contributed by atoms with Crippen molar-refractivity contribution in [3.8, 4) is 23.3 Å². The molecule has 0 aliphatic rings. The summed E-state index contributed by atoms with van der Waals surface area (Å²) in [5, 5.41) is 28.1. The zero-order valence-corrected chi connectivity index (χ0v) is 13.4. The van der Waals surface area contributed by atoms with Crippen LogP contribution in [0.1, 0.15) is 11.3 Å². The Morgan fingerprint density at radius 3 is 2.54 bits per heavy atom. The van der Waals surface area contributed by atoms with Gasteiger partial charge in [-0.3, -0.25) is 0 Å². The van der Waals surface area contributed by atoms with E-state index in [1.165, 1.54) is 24.4 Å². The predicted molar refractivity (Wildman–Crippen MR) is 96.0 cm³/mol. The van der Waals surface area contributed by atoms with Crippen molar-refractivity contribution in [2.75, 3.05) is 5.73 Å². The first-order chi connectivity index (χ1) is 12.5. The molecule has 8 nitrogen and oxygen atoms in total. The Morgan fingerprint density at radius 1 is 1.15 bits per heavy atom. The van der Waals surface area contributed by atoms with Crippen molar-refractivity contribution >= 4 is 17.7 Å². The molecule has 0 spiro atoms. The lowest BCUT2D eigenvalue weighted by atomic mass is 10.2. The zero-order valence-electron chi connectivity index (χ0n) is 13.4. The van der Waals surface area contributed by atoms with Crippen LogP contribution in [0.5, 0.6) is 11.5 Å². The summed E-state index contributed by atoms with van der Waals surface area (Å²) in [6.07, 6.45) is 1.34. The number of para-hydroxylation sites is 1. The molecule has 0 aliphatic heterocycles. The highest BCUT2D eigenvalue weighted by Gasteiger charge is 2.15. The Morgan fingerprint density at radius 2 is 1.88 bits per heavy atom. The fourth-order valence-electron chi connectivity index (χ4n) is 2.32. The highest BCUT2D eigenvalue weighted by molar-refractivity contribution is 5.85. The molecule has 0 saturated heterocycles. The standard InChI is InChI=1S/C18H13N5O3/c19-9-13-16(21-10-11-6-7-14(24)15(25)8-11)17(20)23(18(26)22-13)12-4-2-1-3-5-12/h1-8,10,24-25H,20H2. The fourth-order valence-corrected chi connectivity index (χ4v) is 2.32. The normalized spacial score (nSPS) is 10.7. The van der Waals surface area contributed by atoms with Crippen LogP contribution in [0.25, 0.3) is 5.69 Å². The van der Waals surface area contributed by atoms with Crippen LogP contribution in [0.4, 0.5) is 11.5 Å². The van der Waals surface area contributed by atoms with Crippen LogP contribution in [-0.4, -0.2) is 26.0 Å². The summed E-state index contributed by atoms with van der Waals surface area (Å²) < 4.78 is 1.15. The SMILES string of the molecule is N#Cc1nc(=O)n(-c2ccccc2)c(N)c1N=Cc1ccc(O)c(O)c1. The second-order valence-corrected chi connectivity index (χ2v) is 5.27. The molecular formula is C18H13N5O3. The maximum Gasteiger partial charge on any atom is 0.355 e. The monoisotopic (exact) mass is 347 g/mol. The molecule has 3 aromatic rings. The quantitative estimate of drug-likeness (QED) is 0.488. The molecule has 0 bridgehead atoms. The lowest BCUT2D eigenvalue weighted by Gasteiger charge is -2.11. The summed E-state index contributed by atoms with van der Waals surface area (Å²) in [6.45, 7) is 0. The van der Waals surface area contributed by atoms with Crippen molar-refractivity contribution < 1.29 is 10.2 Å². The number of nitrogens with two attached hydrogens (primary N) is 1. The van der Waals surface area contributed by atoms with Crippen molar-refractivity contribution in [2.24, 2.45) is 4.99 Å². The third-order valence-electron chi connectivity index (χ3n) is 3.57. The maximum atomic E-state index is 12.2. The number of aromatic hydroxyl groups is 2. The van der Waals surface area contributed by atoms with Crippen LogP contribution in [0.15, 0.2) is 58.3 Å². The first-order valence-corrected chi connectivity index (χ1v) is 7.45. The highest BCUT2D eigenvalue weighted by atomic mass is 16.3. The molecular weight excluding hydrogens is 334 g/mol. The molecule has 0 amide bonds. The van der Waals surface area contributed by atoms with Gasteiger partial charge in [-0.05, 0) is 35.9 Å². The Kier molecular flexibility index (Phi) is 4.36. The third-order valence-corrected chi connectivity index (χ3v) is 3.57. The van der Waals surface area contributed by atoms with E-state index in [0.717, 1.165) is 4.57 Å². The molecule has 2 aromatic carbocycles. The molecule has 128 valence electrons. The third kappa shape index (κ3) is 3.09. The number of benzene rings is 2. The van der Waals surface area contributed by atoms with E-state index in [2.05, 4.69) is 9.98 Å². The van der Waals surface area contributed by atoms with E-state index in [0.29, 0.717) is 11.3 Å². The van der Waals surface area contributed by atoms with Crippen molar-refractivity contribution in [1.82, 2.24) is 9.55 Å². The van der Waals surface area contributed by atoms with Gasteiger partial charge in [0.2, 0.25) is 0 Å². The first kappa shape index (κ1) is 16.7. The van der Waals surface area contributed by atoms with E-state index in [4.69, 9.17) is 5.73 Å². The van der Waals surface area contributed by atoms with Gasteiger partial charge in [0.15, 0.2) is 17.2 Å². The van der Waals surface area contributed by atoms with Gasteiger partial charge < -0.3 is 15.9 Å². The lowest BCUT2D eigenvalue weighted by molar-refractivity contribution is 0.403. The number of rotatable bonds is 3. The summed E-state index contributed by atoms with van der Waals surface area (Å²) in [5.41, 5.74) is 6.16. The van der Waals surface area contributed by atoms with Crippen LogP contribution in [0, 0.1) is 11.3 Å². The van der Waals surface area contributed by atoms with Gasteiger partial charge in [-0.15, -0.1) is 0 Å². The molecule has 0 unspecified atom stereocenters. The summed E-state index contributed by atoms with van der Waals surface area (Å²) >= 11 is 0. The highest BCUT2D eigenvalue weighted by Crippen LogP contribution is 2.27. The van der Waals surface area contributed by atoms with Gasteiger partial charge >= 0.3 is 5.69 Å². The Balaban J connectivity index is 2.14. The topological polar surface area (TPSA) is 138 Å². The minimum Gasteiger partial charge on any atom is -0.504 e. The molecule has 4 N–H and O–H groups in total. The minimum absolute atomic E-state index is 0.0310. The van der Waals surface area contributed by atoms with Gasteiger partial charge in [-0.1, -0.05) is 18.2 Å². The van der Waals surface area contributed by atoms with Gasteiger partial charge in [-0.25, -0.2) is 14.4 Å². The second-order valence-electron chi connectivity index (χ2n) is 5.27. The number of anilines is 1. The lowest BCUT2D eigenvalue weighted by Crippen LogP contribution is -2.25. The van der Waals surface area contributed by atoms with Crippen LogP contribution in [0.3, 0.4) is 0 Å². The van der Waals surface area contributed by atoms with Gasteiger partial charge in [0.1, 0.15) is 17.6 Å². The number of nitrogens with zero attached hydrogens (tertiary/aromatic N) is 4. The molecule has 1 aromatic heterocycles. The molecule has 1 heterocycles. The number of aromatic nitrogens is 2. The van der Waals surface area contributed by atoms with E-state index < -0.39 is 5.69 Å².